The highest BCUT2D eigenvalue weighted by Crippen LogP contribution is 1.99. The van der Waals surface area contributed by atoms with E-state index >= 15 is 0 Å². The van der Waals surface area contributed by atoms with Crippen molar-refractivity contribution in [2.24, 2.45) is 0 Å². The summed E-state index contributed by atoms with van der Waals surface area (Å²) in [5.41, 5.74) is 0.987. The van der Waals surface area contributed by atoms with Gasteiger partial charge in [-0.25, -0.2) is 4.79 Å². The van der Waals surface area contributed by atoms with Crippen LogP contribution in [0.25, 0.3) is 0 Å². The highest BCUT2D eigenvalue weighted by atomic mass is 16.5. The van der Waals surface area contributed by atoms with E-state index in [0.717, 1.165) is 11.8 Å². The molecule has 0 aliphatic heterocycles. The smallest absolute Gasteiger partial charge is 0.407 e. The van der Waals surface area contributed by atoms with Gasteiger partial charge in [-0.2, -0.15) is 0 Å². The average molecular weight is 209 g/mol. The number of carbonyl (C=O) groups excluding carboxylic acids is 2. The SMILES string of the molecule is CC=O.CNC(=O)OCc1ccccc1. The third-order valence-corrected chi connectivity index (χ3v) is 1.42. The number of ether oxygens (including phenoxy) is 1. The quantitative estimate of drug-likeness (QED) is 0.755. The Bertz CT molecular complexity index is 285. The Hall–Kier alpha value is -1.84. The van der Waals surface area contributed by atoms with Crippen LogP contribution in [-0.4, -0.2) is 19.4 Å². The molecule has 0 bridgehead atoms. The summed E-state index contributed by atoms with van der Waals surface area (Å²) in [5.74, 6) is 0. The number of hydrogen-bond acceptors (Lipinski definition) is 3. The molecule has 1 rings (SSSR count). The second kappa shape index (κ2) is 8.74. The molecule has 1 aromatic rings. The van der Waals surface area contributed by atoms with Crippen molar-refractivity contribution in [2.75, 3.05) is 7.05 Å². The second-order valence-corrected chi connectivity index (χ2v) is 2.55. The van der Waals surface area contributed by atoms with Gasteiger partial charge in [-0.15, -0.1) is 0 Å². The summed E-state index contributed by atoms with van der Waals surface area (Å²) in [5, 5.41) is 2.37. The van der Waals surface area contributed by atoms with Gasteiger partial charge in [0.1, 0.15) is 12.9 Å². The van der Waals surface area contributed by atoms with Gasteiger partial charge in [0.2, 0.25) is 0 Å². The van der Waals surface area contributed by atoms with Crippen LogP contribution in [0.15, 0.2) is 30.3 Å². The maximum absolute atomic E-state index is 10.7. The Morgan fingerprint density at radius 2 is 1.93 bits per heavy atom. The number of aldehydes is 1. The van der Waals surface area contributed by atoms with Crippen molar-refractivity contribution < 1.29 is 14.3 Å². The van der Waals surface area contributed by atoms with Crippen LogP contribution in [-0.2, 0) is 16.1 Å². The molecular formula is C11H15NO3. The third-order valence-electron chi connectivity index (χ3n) is 1.42. The number of hydrogen-bond donors (Lipinski definition) is 1. The highest BCUT2D eigenvalue weighted by Gasteiger charge is 1.96. The first-order valence-corrected chi connectivity index (χ1v) is 4.52. The van der Waals surface area contributed by atoms with Gasteiger partial charge < -0.3 is 14.8 Å². The molecule has 1 N–H and O–H groups in total. The Morgan fingerprint density at radius 3 is 2.40 bits per heavy atom. The lowest BCUT2D eigenvalue weighted by Crippen LogP contribution is -2.18. The summed E-state index contributed by atoms with van der Waals surface area (Å²) >= 11 is 0. The molecule has 4 nitrogen and oxygen atoms in total. The fraction of sp³-hybridized carbons (Fsp3) is 0.273. The van der Waals surface area contributed by atoms with E-state index in [0.29, 0.717) is 6.61 Å². The third kappa shape index (κ3) is 7.25. The number of nitrogens with one attached hydrogen (secondary N) is 1. The first-order valence-electron chi connectivity index (χ1n) is 4.52. The molecule has 15 heavy (non-hydrogen) atoms. The van der Waals surface area contributed by atoms with Crippen LogP contribution in [0.3, 0.4) is 0 Å². The van der Waals surface area contributed by atoms with E-state index in [1.165, 1.54) is 14.0 Å². The number of benzene rings is 1. The Balaban J connectivity index is 0.000000583. The molecule has 0 aliphatic carbocycles. The topological polar surface area (TPSA) is 55.4 Å². The van der Waals surface area contributed by atoms with Crippen molar-refractivity contribution in [1.29, 1.82) is 0 Å². The summed E-state index contributed by atoms with van der Waals surface area (Å²) in [7, 11) is 1.54. The number of amides is 1. The molecule has 0 aliphatic rings. The van der Waals surface area contributed by atoms with Crippen molar-refractivity contribution in [3.05, 3.63) is 35.9 Å². The zero-order valence-electron chi connectivity index (χ0n) is 8.90. The molecule has 0 saturated heterocycles. The minimum Gasteiger partial charge on any atom is -0.445 e. The van der Waals surface area contributed by atoms with Crippen molar-refractivity contribution >= 4 is 12.4 Å². The maximum Gasteiger partial charge on any atom is 0.407 e. The lowest BCUT2D eigenvalue weighted by Gasteiger charge is -2.02. The van der Waals surface area contributed by atoms with Crippen LogP contribution in [0.2, 0.25) is 0 Å². The van der Waals surface area contributed by atoms with E-state index < -0.39 is 6.09 Å². The molecule has 0 spiro atoms. The lowest BCUT2D eigenvalue weighted by atomic mass is 10.2. The van der Waals surface area contributed by atoms with E-state index in [2.05, 4.69) is 5.32 Å². The van der Waals surface area contributed by atoms with Crippen LogP contribution in [0.4, 0.5) is 4.79 Å². The molecule has 0 radical (unpaired) electrons. The van der Waals surface area contributed by atoms with E-state index in [4.69, 9.17) is 9.53 Å². The van der Waals surface area contributed by atoms with Gasteiger partial charge in [0, 0.05) is 7.05 Å². The minimum absolute atomic E-state index is 0.320. The Morgan fingerprint density at radius 1 is 1.40 bits per heavy atom. The summed E-state index contributed by atoms with van der Waals surface area (Å²) in [6, 6.07) is 9.54. The van der Waals surface area contributed by atoms with E-state index in [1.54, 1.807) is 0 Å². The first kappa shape index (κ1) is 13.2. The lowest BCUT2D eigenvalue weighted by molar-refractivity contribution is -0.106. The van der Waals surface area contributed by atoms with Crippen LogP contribution in [0.5, 0.6) is 0 Å². The van der Waals surface area contributed by atoms with Gasteiger partial charge in [-0.3, -0.25) is 0 Å². The van der Waals surface area contributed by atoms with Crippen LogP contribution < -0.4 is 5.32 Å². The van der Waals surface area contributed by atoms with Gasteiger partial charge in [0.15, 0.2) is 0 Å². The number of rotatable bonds is 2. The van der Waals surface area contributed by atoms with Crippen molar-refractivity contribution in [2.45, 2.75) is 13.5 Å². The molecular weight excluding hydrogens is 194 g/mol. The molecule has 1 aromatic carbocycles. The summed E-state index contributed by atoms with van der Waals surface area (Å²) < 4.78 is 4.83. The summed E-state index contributed by atoms with van der Waals surface area (Å²) in [6.45, 7) is 1.76. The second-order valence-electron chi connectivity index (χ2n) is 2.55. The van der Waals surface area contributed by atoms with Crippen LogP contribution in [0, 0.1) is 0 Å². The fourth-order valence-electron chi connectivity index (χ4n) is 0.795. The van der Waals surface area contributed by atoms with Crippen LogP contribution in [0.1, 0.15) is 12.5 Å². The molecule has 0 unspecified atom stereocenters. The zero-order chi connectivity index (χ0) is 11.5. The highest BCUT2D eigenvalue weighted by molar-refractivity contribution is 5.66. The average Bonchev–Trinajstić information content (AvgIpc) is 2.28. The number of alkyl carbamates (subject to hydrolysis) is 1. The van der Waals surface area contributed by atoms with Gasteiger partial charge in [-0.1, -0.05) is 30.3 Å². The van der Waals surface area contributed by atoms with Crippen molar-refractivity contribution in [3.8, 4) is 0 Å². The molecule has 1 amide bonds. The molecule has 4 heteroatoms. The van der Waals surface area contributed by atoms with Crippen LogP contribution >= 0.6 is 0 Å². The van der Waals surface area contributed by atoms with Gasteiger partial charge in [0.05, 0.1) is 0 Å². The summed E-state index contributed by atoms with van der Waals surface area (Å²) in [4.78, 5) is 19.5. The predicted octanol–water partition coefficient (Wildman–Crippen LogP) is 1.75. The maximum atomic E-state index is 10.7. The van der Waals surface area contributed by atoms with E-state index in [-0.39, 0.29) is 0 Å². The normalized spacial score (nSPS) is 8.13. The monoisotopic (exact) mass is 209 g/mol. The van der Waals surface area contributed by atoms with Gasteiger partial charge in [0.25, 0.3) is 0 Å². The zero-order valence-corrected chi connectivity index (χ0v) is 8.90. The van der Waals surface area contributed by atoms with Gasteiger partial charge >= 0.3 is 6.09 Å². The van der Waals surface area contributed by atoms with Gasteiger partial charge in [-0.05, 0) is 12.5 Å². The molecule has 0 saturated carbocycles. The Labute approximate surface area is 89.2 Å². The fourth-order valence-corrected chi connectivity index (χ4v) is 0.795. The minimum atomic E-state index is -0.404. The molecule has 82 valence electrons. The molecule has 0 fully saturated rings. The molecule has 0 aromatic heterocycles. The first-order chi connectivity index (χ1) is 7.24. The predicted molar refractivity (Wildman–Crippen MR) is 57.4 cm³/mol. The van der Waals surface area contributed by atoms with Crippen molar-refractivity contribution in [1.82, 2.24) is 5.32 Å². The summed E-state index contributed by atoms with van der Waals surface area (Å²) in [6.07, 6.45) is 0.346. The Kier molecular flexibility index (Phi) is 7.67. The molecule has 0 heterocycles. The van der Waals surface area contributed by atoms with E-state index in [1.807, 2.05) is 30.3 Å². The standard InChI is InChI=1S/C9H11NO2.C2H4O/c1-10-9(11)12-7-8-5-3-2-4-6-8;1-2-3/h2-6H,7H2,1H3,(H,10,11);2H,1H3. The van der Waals surface area contributed by atoms with E-state index in [9.17, 15) is 4.79 Å². The largest absolute Gasteiger partial charge is 0.445 e. The molecule has 0 atom stereocenters. The van der Waals surface area contributed by atoms with Crippen molar-refractivity contribution in [3.63, 3.8) is 0 Å². The number of carbonyl (C=O) groups is 2.